The molecule has 12 heteroatoms. The molecule has 0 aliphatic rings. The van der Waals surface area contributed by atoms with Gasteiger partial charge in [-0.15, -0.1) is 0 Å². The Labute approximate surface area is 178 Å². The van der Waals surface area contributed by atoms with Crippen LogP contribution in [0, 0.1) is 0 Å². The second-order valence-corrected chi connectivity index (χ2v) is 7.62. The quantitative estimate of drug-likeness (QED) is 0.428. The first-order valence-electron chi connectivity index (χ1n) is 8.65. The summed E-state index contributed by atoms with van der Waals surface area (Å²) in [6.07, 6.45) is 0. The van der Waals surface area contributed by atoms with Gasteiger partial charge in [0.1, 0.15) is 17.3 Å². The van der Waals surface area contributed by atoms with Gasteiger partial charge in [0.05, 0.1) is 37.6 Å². The van der Waals surface area contributed by atoms with Crippen LogP contribution in [-0.4, -0.2) is 65.1 Å². The third-order valence-corrected chi connectivity index (χ3v) is 5.41. The van der Waals surface area contributed by atoms with Crippen LogP contribution in [0.2, 0.25) is 0 Å². The highest BCUT2D eigenvalue weighted by molar-refractivity contribution is 7.92. The van der Waals surface area contributed by atoms with Gasteiger partial charge in [0.25, 0.3) is 10.0 Å². The zero-order valence-corrected chi connectivity index (χ0v) is 17.7. The smallest absolute Gasteiger partial charge is 0.337 e. The van der Waals surface area contributed by atoms with Crippen LogP contribution >= 0.6 is 0 Å². The maximum Gasteiger partial charge on any atom is 0.337 e. The van der Waals surface area contributed by atoms with Gasteiger partial charge in [-0.25, -0.2) is 18.0 Å². The molecule has 0 aliphatic heterocycles. The van der Waals surface area contributed by atoms with E-state index in [9.17, 15) is 23.1 Å². The SMILES string of the molecule is COCCOc1cc(NS(=O)(=O)c2cc(C(=O)O)ccc2OC)c(C(=O)O)cc1OC. The monoisotopic (exact) mass is 455 g/mol. The molecule has 0 heterocycles. The third-order valence-electron chi connectivity index (χ3n) is 4.02. The minimum Gasteiger partial charge on any atom is -0.495 e. The maximum absolute atomic E-state index is 13.0. The first-order chi connectivity index (χ1) is 14.6. The van der Waals surface area contributed by atoms with Crippen LogP contribution in [0.4, 0.5) is 5.69 Å². The van der Waals surface area contributed by atoms with Crippen molar-refractivity contribution in [3.8, 4) is 17.2 Å². The number of nitrogens with one attached hydrogen (secondary N) is 1. The van der Waals surface area contributed by atoms with E-state index in [1.165, 1.54) is 33.5 Å². The zero-order valence-electron chi connectivity index (χ0n) is 16.9. The highest BCUT2D eigenvalue weighted by Gasteiger charge is 2.25. The fourth-order valence-corrected chi connectivity index (χ4v) is 3.81. The van der Waals surface area contributed by atoms with Gasteiger partial charge in [0, 0.05) is 19.2 Å². The number of sulfonamides is 1. The van der Waals surface area contributed by atoms with Crippen molar-refractivity contribution in [2.75, 3.05) is 39.3 Å². The number of benzene rings is 2. The molecular formula is C19H21NO10S. The molecule has 0 saturated carbocycles. The van der Waals surface area contributed by atoms with Crippen molar-refractivity contribution < 1.29 is 47.2 Å². The lowest BCUT2D eigenvalue weighted by Gasteiger charge is -2.17. The van der Waals surface area contributed by atoms with Crippen molar-refractivity contribution in [1.29, 1.82) is 0 Å². The van der Waals surface area contributed by atoms with Gasteiger partial charge in [-0.05, 0) is 18.2 Å². The van der Waals surface area contributed by atoms with Crippen molar-refractivity contribution >= 4 is 27.6 Å². The molecule has 0 aliphatic carbocycles. The Bertz CT molecular complexity index is 1080. The van der Waals surface area contributed by atoms with Crippen LogP contribution in [-0.2, 0) is 14.8 Å². The highest BCUT2D eigenvalue weighted by Crippen LogP contribution is 2.36. The summed E-state index contributed by atoms with van der Waals surface area (Å²) in [5.41, 5.74) is -1.02. The van der Waals surface area contributed by atoms with Crippen LogP contribution < -0.4 is 18.9 Å². The Balaban J connectivity index is 2.57. The average molecular weight is 455 g/mol. The minimum atomic E-state index is -4.45. The number of hydrogen-bond donors (Lipinski definition) is 3. The predicted octanol–water partition coefficient (Wildman–Crippen LogP) is 1.93. The molecule has 168 valence electrons. The van der Waals surface area contributed by atoms with E-state index in [2.05, 4.69) is 4.72 Å². The summed E-state index contributed by atoms with van der Waals surface area (Å²) in [5, 5.41) is 18.7. The molecule has 31 heavy (non-hydrogen) atoms. The topological polar surface area (TPSA) is 158 Å². The number of anilines is 1. The predicted molar refractivity (Wildman–Crippen MR) is 108 cm³/mol. The number of ether oxygens (including phenoxy) is 4. The fourth-order valence-electron chi connectivity index (χ4n) is 2.55. The van der Waals surface area contributed by atoms with Crippen LogP contribution in [0.5, 0.6) is 17.2 Å². The zero-order chi connectivity index (χ0) is 23.2. The molecule has 0 amide bonds. The summed E-state index contributed by atoms with van der Waals surface area (Å²) < 4.78 is 48.6. The molecule has 0 fully saturated rings. The first-order valence-corrected chi connectivity index (χ1v) is 10.1. The van der Waals surface area contributed by atoms with E-state index < -0.39 is 32.4 Å². The first kappa shape index (κ1) is 23.8. The van der Waals surface area contributed by atoms with Gasteiger partial charge < -0.3 is 29.2 Å². The lowest BCUT2D eigenvalue weighted by Crippen LogP contribution is -2.17. The Morgan fingerprint density at radius 2 is 1.58 bits per heavy atom. The van der Waals surface area contributed by atoms with Crippen LogP contribution in [0.15, 0.2) is 35.2 Å². The number of hydrogen-bond acceptors (Lipinski definition) is 8. The second-order valence-electron chi connectivity index (χ2n) is 5.97. The Kier molecular flexibility index (Phi) is 7.67. The molecule has 3 N–H and O–H groups in total. The average Bonchev–Trinajstić information content (AvgIpc) is 2.73. The summed E-state index contributed by atoms with van der Waals surface area (Å²) >= 11 is 0. The molecule has 2 rings (SSSR count). The second kappa shape index (κ2) is 10.00. The Morgan fingerprint density at radius 1 is 0.903 bits per heavy atom. The summed E-state index contributed by atoms with van der Waals surface area (Å²) in [5.74, 6) is -2.75. The van der Waals surface area contributed by atoms with Crippen molar-refractivity contribution in [1.82, 2.24) is 0 Å². The van der Waals surface area contributed by atoms with Gasteiger partial charge in [0.2, 0.25) is 0 Å². The third kappa shape index (κ3) is 5.55. The summed E-state index contributed by atoms with van der Waals surface area (Å²) in [7, 11) is -0.471. The number of carbonyl (C=O) groups is 2. The van der Waals surface area contributed by atoms with Crippen molar-refractivity contribution in [3.05, 3.63) is 41.5 Å². The molecule has 0 aromatic heterocycles. The fraction of sp³-hybridized carbons (Fsp3) is 0.263. The lowest BCUT2D eigenvalue weighted by atomic mass is 10.1. The van der Waals surface area contributed by atoms with E-state index in [1.54, 1.807) is 0 Å². The normalized spacial score (nSPS) is 10.9. The van der Waals surface area contributed by atoms with Crippen LogP contribution in [0.25, 0.3) is 0 Å². The highest BCUT2D eigenvalue weighted by atomic mass is 32.2. The molecule has 2 aromatic rings. The summed E-state index contributed by atoms with van der Waals surface area (Å²) in [6.45, 7) is 0.323. The van der Waals surface area contributed by atoms with E-state index in [0.29, 0.717) is 0 Å². The van der Waals surface area contributed by atoms with E-state index in [-0.39, 0.29) is 41.7 Å². The molecule has 0 saturated heterocycles. The summed E-state index contributed by atoms with van der Waals surface area (Å²) in [4.78, 5) is 22.5. The number of rotatable bonds is 11. The molecule has 11 nitrogen and oxygen atoms in total. The van der Waals surface area contributed by atoms with E-state index in [0.717, 1.165) is 18.2 Å². The van der Waals surface area contributed by atoms with Crippen LogP contribution in [0.1, 0.15) is 20.7 Å². The van der Waals surface area contributed by atoms with E-state index >= 15 is 0 Å². The molecule has 0 bridgehead atoms. The molecule has 0 unspecified atom stereocenters. The molecule has 0 spiro atoms. The molecule has 0 atom stereocenters. The standard InChI is InChI=1S/C19H21NO10S/c1-27-6-7-30-16-10-13(12(19(23)24)9-15(16)29-3)20-31(25,26)17-8-11(18(21)22)4-5-14(17)28-2/h4-5,8-10,20H,6-7H2,1-3H3,(H,21,22)(H,23,24). The number of aromatic carboxylic acids is 2. The number of carboxylic acids is 2. The largest absolute Gasteiger partial charge is 0.495 e. The molecular weight excluding hydrogens is 434 g/mol. The minimum absolute atomic E-state index is 0.0712. The lowest BCUT2D eigenvalue weighted by molar-refractivity contribution is 0.0686. The maximum atomic E-state index is 13.0. The molecule has 2 aromatic carbocycles. The van der Waals surface area contributed by atoms with Crippen molar-refractivity contribution in [2.45, 2.75) is 4.90 Å². The van der Waals surface area contributed by atoms with Gasteiger partial charge in [0.15, 0.2) is 11.5 Å². The van der Waals surface area contributed by atoms with Crippen LogP contribution in [0.3, 0.4) is 0 Å². The van der Waals surface area contributed by atoms with Gasteiger partial charge in [-0.1, -0.05) is 0 Å². The van der Waals surface area contributed by atoms with Gasteiger partial charge >= 0.3 is 11.9 Å². The Hall–Kier alpha value is -3.51. The number of carboxylic acid groups (broad SMARTS) is 2. The number of methoxy groups -OCH3 is 3. The Morgan fingerprint density at radius 3 is 2.13 bits per heavy atom. The van der Waals surface area contributed by atoms with Crippen molar-refractivity contribution in [3.63, 3.8) is 0 Å². The van der Waals surface area contributed by atoms with E-state index in [1.807, 2.05) is 0 Å². The van der Waals surface area contributed by atoms with Crippen molar-refractivity contribution in [2.24, 2.45) is 0 Å². The van der Waals surface area contributed by atoms with Gasteiger partial charge in [-0.3, -0.25) is 4.72 Å². The summed E-state index contributed by atoms with van der Waals surface area (Å²) in [6, 6.07) is 5.53. The van der Waals surface area contributed by atoms with E-state index in [4.69, 9.17) is 24.1 Å². The molecule has 0 radical (unpaired) electrons. The van der Waals surface area contributed by atoms with Gasteiger partial charge in [-0.2, -0.15) is 0 Å².